The molecule has 0 bridgehead atoms. The summed E-state index contributed by atoms with van der Waals surface area (Å²) in [6.45, 7) is 2.10. The van der Waals surface area contributed by atoms with E-state index in [4.69, 9.17) is 0 Å². The van der Waals surface area contributed by atoms with Crippen molar-refractivity contribution in [3.05, 3.63) is 35.7 Å². The molecule has 0 amide bonds. The van der Waals surface area contributed by atoms with Crippen molar-refractivity contribution >= 4 is 16.5 Å². The van der Waals surface area contributed by atoms with E-state index in [2.05, 4.69) is 4.90 Å². The minimum atomic E-state index is 0.873. The highest BCUT2D eigenvalue weighted by Gasteiger charge is 2.28. The molecule has 1 aliphatic rings. The molecule has 1 aromatic heterocycles. The normalized spacial score (nSPS) is 15.4. The van der Waals surface area contributed by atoms with Crippen LogP contribution in [0.5, 0.6) is 0 Å². The van der Waals surface area contributed by atoms with Crippen LogP contribution in [0.15, 0.2) is 35.7 Å². The summed E-state index contributed by atoms with van der Waals surface area (Å²) in [4.78, 5) is 2.25. The Morgan fingerprint density at radius 1 is 1.12 bits per heavy atom. The van der Waals surface area contributed by atoms with Gasteiger partial charge in [0.05, 0.1) is 18.5 Å². The van der Waals surface area contributed by atoms with Crippen LogP contribution in [0, 0.1) is 0 Å². The molecule has 17 heavy (non-hydrogen) atoms. The molecule has 4 heteroatoms. The van der Waals surface area contributed by atoms with Crippen LogP contribution in [-0.2, 0) is 0 Å². The van der Waals surface area contributed by atoms with E-state index in [1.807, 2.05) is 35.7 Å². The van der Waals surface area contributed by atoms with Crippen molar-refractivity contribution in [2.45, 2.75) is 12.8 Å². The van der Waals surface area contributed by atoms with Crippen LogP contribution in [0.2, 0.25) is 0 Å². The van der Waals surface area contributed by atoms with Gasteiger partial charge < -0.3 is 5.21 Å². The monoisotopic (exact) mass is 247 g/mol. The third-order valence-electron chi connectivity index (χ3n) is 3.13. The van der Waals surface area contributed by atoms with Crippen molar-refractivity contribution < 1.29 is 9.94 Å². The molecule has 0 saturated carbocycles. The topological polar surface area (TPSA) is 27.4 Å². The highest BCUT2D eigenvalue weighted by atomic mass is 32.1. The zero-order chi connectivity index (χ0) is 11.7. The van der Waals surface area contributed by atoms with Crippen molar-refractivity contribution in [2.75, 3.05) is 18.0 Å². The number of rotatable bonds is 2. The van der Waals surface area contributed by atoms with E-state index in [0.717, 1.165) is 29.5 Å². The smallest absolute Gasteiger partial charge is 0.348 e. The van der Waals surface area contributed by atoms with Crippen LogP contribution < -0.4 is 9.63 Å². The maximum absolute atomic E-state index is 10.2. The van der Waals surface area contributed by atoms with E-state index in [9.17, 15) is 5.21 Å². The molecule has 1 fully saturated rings. The molecule has 0 aliphatic carbocycles. The third kappa shape index (κ3) is 1.89. The van der Waals surface area contributed by atoms with Gasteiger partial charge in [-0.2, -0.15) is 0 Å². The average molecular weight is 247 g/mol. The zero-order valence-electron chi connectivity index (χ0n) is 9.54. The van der Waals surface area contributed by atoms with E-state index in [1.165, 1.54) is 17.6 Å². The standard InChI is InChI=1S/C13H15N2OS/c16-15-12(11-6-2-1-3-7-11)10-17-13(15)14-8-4-5-9-14/h1-3,6-7,10,16H,4-5,8-9H2/q+1. The summed E-state index contributed by atoms with van der Waals surface area (Å²) in [5, 5.41) is 13.2. The summed E-state index contributed by atoms with van der Waals surface area (Å²) in [5.41, 5.74) is 1.93. The quantitative estimate of drug-likeness (QED) is 0.652. The molecule has 2 aromatic rings. The predicted molar refractivity (Wildman–Crippen MR) is 68.6 cm³/mol. The van der Waals surface area contributed by atoms with Crippen molar-refractivity contribution in [1.29, 1.82) is 0 Å². The minimum absolute atomic E-state index is 0.873. The predicted octanol–water partition coefficient (Wildman–Crippen LogP) is 2.54. The second-order valence-electron chi connectivity index (χ2n) is 4.28. The molecular formula is C13H15N2OS+. The highest BCUT2D eigenvalue weighted by Crippen LogP contribution is 2.26. The van der Waals surface area contributed by atoms with Crippen LogP contribution in [-0.4, -0.2) is 18.3 Å². The van der Waals surface area contributed by atoms with Crippen molar-refractivity contribution in [2.24, 2.45) is 0 Å². The van der Waals surface area contributed by atoms with Gasteiger partial charge in [0.1, 0.15) is 0 Å². The Kier molecular flexibility index (Phi) is 2.73. The van der Waals surface area contributed by atoms with Gasteiger partial charge in [-0.15, -0.1) is 0 Å². The summed E-state index contributed by atoms with van der Waals surface area (Å²) >= 11 is 1.61. The molecular weight excluding hydrogens is 232 g/mol. The number of hydrogen-bond donors (Lipinski definition) is 1. The van der Waals surface area contributed by atoms with Gasteiger partial charge in [0.2, 0.25) is 0 Å². The Hall–Kier alpha value is -1.55. The number of benzene rings is 1. The molecule has 1 N–H and O–H groups in total. The molecule has 0 spiro atoms. The maximum Gasteiger partial charge on any atom is 0.375 e. The Bertz CT molecular complexity index is 503. The lowest BCUT2D eigenvalue weighted by Crippen LogP contribution is -2.38. The number of hydrogen-bond acceptors (Lipinski definition) is 3. The molecule has 0 atom stereocenters. The lowest BCUT2D eigenvalue weighted by atomic mass is 10.2. The van der Waals surface area contributed by atoms with E-state index < -0.39 is 0 Å². The molecule has 1 aliphatic heterocycles. The Morgan fingerprint density at radius 2 is 1.82 bits per heavy atom. The first-order valence-electron chi connectivity index (χ1n) is 5.89. The minimum Gasteiger partial charge on any atom is -0.348 e. The Morgan fingerprint density at radius 3 is 2.53 bits per heavy atom. The number of thiazole rings is 1. The molecule has 1 aromatic carbocycles. The molecule has 1 saturated heterocycles. The number of anilines is 1. The van der Waals surface area contributed by atoms with Gasteiger partial charge in [-0.25, -0.2) is 4.90 Å². The SMILES string of the molecule is O[n+]1c(-c2ccccc2)csc1N1CCCC1. The second-order valence-corrected chi connectivity index (χ2v) is 5.11. The first-order valence-corrected chi connectivity index (χ1v) is 6.77. The van der Waals surface area contributed by atoms with Crippen LogP contribution in [0.3, 0.4) is 0 Å². The number of nitrogens with zero attached hydrogens (tertiary/aromatic N) is 2. The molecule has 0 radical (unpaired) electrons. The lowest BCUT2D eigenvalue weighted by Gasteiger charge is -2.06. The Labute approximate surface area is 105 Å². The fourth-order valence-corrected chi connectivity index (χ4v) is 3.21. The van der Waals surface area contributed by atoms with Crippen molar-refractivity contribution in [3.8, 4) is 11.3 Å². The molecule has 88 valence electrons. The largest absolute Gasteiger partial charge is 0.375 e. The summed E-state index contributed by atoms with van der Waals surface area (Å²) in [6, 6.07) is 10.00. The van der Waals surface area contributed by atoms with E-state index in [1.54, 1.807) is 11.3 Å². The van der Waals surface area contributed by atoms with Crippen molar-refractivity contribution in [1.82, 2.24) is 0 Å². The van der Waals surface area contributed by atoms with Crippen molar-refractivity contribution in [3.63, 3.8) is 0 Å². The van der Waals surface area contributed by atoms with Gasteiger partial charge in [0, 0.05) is 5.56 Å². The van der Waals surface area contributed by atoms with Gasteiger partial charge in [-0.3, -0.25) is 0 Å². The van der Waals surface area contributed by atoms with Gasteiger partial charge in [-0.1, -0.05) is 41.7 Å². The molecule has 2 heterocycles. The highest BCUT2D eigenvalue weighted by molar-refractivity contribution is 7.13. The Balaban J connectivity index is 1.97. The van der Waals surface area contributed by atoms with E-state index in [0.29, 0.717) is 0 Å². The van der Waals surface area contributed by atoms with Crippen LogP contribution >= 0.6 is 11.3 Å². The van der Waals surface area contributed by atoms with Gasteiger partial charge in [0.25, 0.3) is 0 Å². The first kappa shape index (κ1) is 10.6. The molecule has 0 unspecified atom stereocenters. The molecule has 3 rings (SSSR count). The summed E-state index contributed by atoms with van der Waals surface area (Å²) in [5.74, 6) is 0. The van der Waals surface area contributed by atoms with Gasteiger partial charge >= 0.3 is 5.13 Å². The maximum atomic E-state index is 10.2. The number of aromatic nitrogens is 1. The summed E-state index contributed by atoms with van der Waals surface area (Å²) in [6.07, 6.45) is 2.44. The van der Waals surface area contributed by atoms with Gasteiger partial charge in [-0.05, 0) is 17.6 Å². The average Bonchev–Trinajstić information content (AvgIpc) is 2.99. The summed E-state index contributed by atoms with van der Waals surface area (Å²) < 4.78 is 1.32. The fourth-order valence-electron chi connectivity index (χ4n) is 2.23. The second kappa shape index (κ2) is 4.37. The molecule has 3 nitrogen and oxygen atoms in total. The fraction of sp³-hybridized carbons (Fsp3) is 0.308. The van der Waals surface area contributed by atoms with Crippen LogP contribution in [0.4, 0.5) is 5.13 Å². The lowest BCUT2D eigenvalue weighted by molar-refractivity contribution is -0.883. The first-order chi connectivity index (χ1) is 8.36. The van der Waals surface area contributed by atoms with E-state index >= 15 is 0 Å². The van der Waals surface area contributed by atoms with E-state index in [-0.39, 0.29) is 0 Å². The zero-order valence-corrected chi connectivity index (χ0v) is 10.4. The summed E-state index contributed by atoms with van der Waals surface area (Å²) in [7, 11) is 0. The van der Waals surface area contributed by atoms with Crippen LogP contribution in [0.25, 0.3) is 11.3 Å². The van der Waals surface area contributed by atoms with Gasteiger partial charge in [0.15, 0.2) is 5.69 Å². The van der Waals surface area contributed by atoms with Crippen LogP contribution in [0.1, 0.15) is 12.8 Å². The third-order valence-corrected chi connectivity index (χ3v) is 4.11.